The molecule has 16 heavy (non-hydrogen) atoms. The smallest absolute Gasteiger partial charge is 0.123 e. The number of benzene rings is 1. The van der Waals surface area contributed by atoms with Crippen LogP contribution in [0.25, 0.3) is 0 Å². The first-order valence-corrected chi connectivity index (χ1v) is 6.47. The Morgan fingerprint density at radius 3 is 2.50 bits per heavy atom. The van der Waals surface area contributed by atoms with Crippen LogP contribution >= 0.6 is 11.8 Å². The largest absolute Gasteiger partial charge is 0.396 e. The van der Waals surface area contributed by atoms with E-state index in [9.17, 15) is 4.39 Å². The maximum atomic E-state index is 12.8. The third-order valence-corrected chi connectivity index (χ3v) is 3.85. The molecule has 2 nitrogen and oxygen atoms in total. The van der Waals surface area contributed by atoms with E-state index in [0.29, 0.717) is 5.75 Å². The van der Waals surface area contributed by atoms with Crippen molar-refractivity contribution in [3.05, 3.63) is 35.6 Å². The van der Waals surface area contributed by atoms with E-state index >= 15 is 0 Å². The van der Waals surface area contributed by atoms with Crippen molar-refractivity contribution in [3.8, 4) is 0 Å². The van der Waals surface area contributed by atoms with Gasteiger partial charge in [0, 0.05) is 17.0 Å². The van der Waals surface area contributed by atoms with E-state index < -0.39 is 0 Å². The van der Waals surface area contributed by atoms with Crippen molar-refractivity contribution >= 4 is 11.8 Å². The van der Waals surface area contributed by atoms with Crippen molar-refractivity contribution in [2.45, 2.75) is 24.6 Å². The molecule has 0 heterocycles. The topological polar surface area (TPSA) is 46.2 Å². The number of aliphatic hydroxyl groups excluding tert-OH is 1. The fourth-order valence-corrected chi connectivity index (χ4v) is 2.66. The van der Waals surface area contributed by atoms with Crippen LogP contribution in [-0.4, -0.2) is 23.5 Å². The van der Waals surface area contributed by atoms with Gasteiger partial charge in [-0.15, -0.1) is 11.8 Å². The van der Waals surface area contributed by atoms with E-state index in [1.807, 2.05) is 6.92 Å². The zero-order valence-corrected chi connectivity index (χ0v) is 10.2. The molecule has 3 N–H and O–H groups in total. The molecule has 0 fully saturated rings. The molecule has 4 heteroatoms. The highest BCUT2D eigenvalue weighted by atomic mass is 32.2. The molecule has 0 bridgehead atoms. The molecule has 0 aliphatic heterocycles. The van der Waals surface area contributed by atoms with E-state index in [4.69, 9.17) is 10.8 Å². The molecule has 0 saturated heterocycles. The number of rotatable bonds is 6. The molecule has 0 radical (unpaired) electrons. The zero-order chi connectivity index (χ0) is 12.0. The third-order valence-electron chi connectivity index (χ3n) is 2.45. The summed E-state index contributed by atoms with van der Waals surface area (Å²) >= 11 is 1.62. The van der Waals surface area contributed by atoms with Crippen LogP contribution in [0.4, 0.5) is 4.39 Å². The van der Waals surface area contributed by atoms with Crippen LogP contribution in [0.1, 0.15) is 24.2 Å². The Bertz CT molecular complexity index is 304. The van der Waals surface area contributed by atoms with Gasteiger partial charge in [0.2, 0.25) is 0 Å². The standard InChI is InChI=1S/C12H18FNOS/c1-2-11(14)12(16-8-7-15)9-3-5-10(13)6-4-9/h3-6,11-12,15H,2,7-8,14H2,1H3. The lowest BCUT2D eigenvalue weighted by molar-refractivity contribution is 0.322. The van der Waals surface area contributed by atoms with E-state index in [2.05, 4.69) is 0 Å². The lowest BCUT2D eigenvalue weighted by Crippen LogP contribution is -2.26. The maximum absolute atomic E-state index is 12.8. The highest BCUT2D eigenvalue weighted by Gasteiger charge is 2.18. The van der Waals surface area contributed by atoms with Crippen LogP contribution < -0.4 is 5.73 Å². The highest BCUT2D eigenvalue weighted by Crippen LogP contribution is 2.32. The molecule has 0 amide bonds. The molecule has 0 aromatic heterocycles. The first-order chi connectivity index (χ1) is 7.69. The van der Waals surface area contributed by atoms with Gasteiger partial charge in [-0.05, 0) is 24.1 Å². The first-order valence-electron chi connectivity index (χ1n) is 5.42. The average Bonchev–Trinajstić information content (AvgIpc) is 2.31. The molecule has 90 valence electrons. The van der Waals surface area contributed by atoms with Gasteiger partial charge in [0.15, 0.2) is 0 Å². The van der Waals surface area contributed by atoms with Crippen molar-refractivity contribution in [2.24, 2.45) is 5.73 Å². The number of hydrogen-bond acceptors (Lipinski definition) is 3. The minimum Gasteiger partial charge on any atom is -0.396 e. The number of thioether (sulfide) groups is 1. The lowest BCUT2D eigenvalue weighted by atomic mass is 10.0. The Labute approximate surface area is 100 Å². The molecule has 2 atom stereocenters. The summed E-state index contributed by atoms with van der Waals surface area (Å²) in [4.78, 5) is 0. The Hall–Kier alpha value is -0.580. The number of hydrogen-bond donors (Lipinski definition) is 2. The summed E-state index contributed by atoms with van der Waals surface area (Å²) in [5, 5.41) is 8.96. The van der Waals surface area contributed by atoms with Gasteiger partial charge in [0.1, 0.15) is 5.82 Å². The molecule has 0 saturated carbocycles. The summed E-state index contributed by atoms with van der Waals surface area (Å²) in [5.74, 6) is 0.412. The minimum absolute atomic E-state index is 0.0296. The van der Waals surface area contributed by atoms with Crippen LogP contribution in [0, 0.1) is 5.82 Å². The summed E-state index contributed by atoms with van der Waals surface area (Å²) < 4.78 is 12.8. The van der Waals surface area contributed by atoms with Gasteiger partial charge < -0.3 is 10.8 Å². The quantitative estimate of drug-likeness (QED) is 0.806. The summed E-state index contributed by atoms with van der Waals surface area (Å²) in [6, 6.07) is 6.45. The average molecular weight is 243 g/mol. The molecular weight excluding hydrogens is 225 g/mol. The number of aliphatic hydroxyl groups is 1. The molecular formula is C12H18FNOS. The minimum atomic E-state index is -0.236. The molecule has 0 spiro atoms. The fourth-order valence-electron chi connectivity index (χ4n) is 1.51. The summed E-state index contributed by atoms with van der Waals surface area (Å²) in [7, 11) is 0. The Morgan fingerprint density at radius 2 is 2.00 bits per heavy atom. The predicted octanol–water partition coefficient (Wildman–Crippen LogP) is 2.33. The monoisotopic (exact) mass is 243 g/mol. The van der Waals surface area contributed by atoms with Crippen molar-refractivity contribution < 1.29 is 9.50 Å². The Kier molecular flexibility index (Phi) is 5.80. The van der Waals surface area contributed by atoms with E-state index in [0.717, 1.165) is 12.0 Å². The van der Waals surface area contributed by atoms with Gasteiger partial charge in [-0.1, -0.05) is 19.1 Å². The van der Waals surface area contributed by atoms with Crippen molar-refractivity contribution in [3.63, 3.8) is 0 Å². The predicted molar refractivity (Wildman–Crippen MR) is 67.0 cm³/mol. The van der Waals surface area contributed by atoms with Crippen molar-refractivity contribution in [1.29, 1.82) is 0 Å². The van der Waals surface area contributed by atoms with Crippen LogP contribution in [0.3, 0.4) is 0 Å². The second-order valence-corrected chi connectivity index (χ2v) is 4.89. The van der Waals surface area contributed by atoms with Gasteiger partial charge in [-0.2, -0.15) is 0 Å². The Balaban J connectivity index is 2.78. The van der Waals surface area contributed by atoms with Crippen LogP contribution in [0.15, 0.2) is 24.3 Å². The van der Waals surface area contributed by atoms with Gasteiger partial charge in [-0.25, -0.2) is 4.39 Å². The van der Waals surface area contributed by atoms with Crippen molar-refractivity contribution in [2.75, 3.05) is 12.4 Å². The number of halogens is 1. The zero-order valence-electron chi connectivity index (χ0n) is 9.40. The molecule has 0 aliphatic rings. The van der Waals surface area contributed by atoms with Gasteiger partial charge in [-0.3, -0.25) is 0 Å². The molecule has 2 unspecified atom stereocenters. The highest BCUT2D eigenvalue weighted by molar-refractivity contribution is 7.99. The lowest BCUT2D eigenvalue weighted by Gasteiger charge is -2.22. The van der Waals surface area contributed by atoms with Crippen LogP contribution in [0.2, 0.25) is 0 Å². The molecule has 1 aromatic carbocycles. The van der Waals surface area contributed by atoms with Gasteiger partial charge in [0.25, 0.3) is 0 Å². The van der Waals surface area contributed by atoms with Crippen LogP contribution in [0.5, 0.6) is 0 Å². The Morgan fingerprint density at radius 1 is 1.38 bits per heavy atom. The molecule has 1 rings (SSSR count). The van der Waals surface area contributed by atoms with E-state index in [1.165, 1.54) is 12.1 Å². The van der Waals surface area contributed by atoms with Crippen molar-refractivity contribution in [1.82, 2.24) is 0 Å². The first kappa shape index (κ1) is 13.5. The summed E-state index contributed by atoms with van der Waals surface area (Å²) in [5.41, 5.74) is 7.05. The van der Waals surface area contributed by atoms with Gasteiger partial charge >= 0.3 is 0 Å². The maximum Gasteiger partial charge on any atom is 0.123 e. The second kappa shape index (κ2) is 6.89. The second-order valence-electron chi connectivity index (χ2n) is 3.64. The van der Waals surface area contributed by atoms with E-state index in [1.54, 1.807) is 23.9 Å². The molecule has 1 aromatic rings. The summed E-state index contributed by atoms with van der Waals surface area (Å²) in [6.07, 6.45) is 0.862. The fraction of sp³-hybridized carbons (Fsp3) is 0.500. The number of nitrogens with two attached hydrogens (primary N) is 1. The normalized spacial score (nSPS) is 14.8. The third kappa shape index (κ3) is 3.77. The SMILES string of the molecule is CCC(N)C(SCCO)c1ccc(F)cc1. The summed E-state index contributed by atoms with van der Waals surface area (Å²) in [6.45, 7) is 2.17. The van der Waals surface area contributed by atoms with Gasteiger partial charge in [0.05, 0.1) is 6.61 Å². The van der Waals surface area contributed by atoms with Crippen LogP contribution in [-0.2, 0) is 0 Å². The molecule has 0 aliphatic carbocycles. The van der Waals surface area contributed by atoms with E-state index in [-0.39, 0.29) is 23.7 Å².